The van der Waals surface area contributed by atoms with Gasteiger partial charge in [0.1, 0.15) is 0 Å². The summed E-state index contributed by atoms with van der Waals surface area (Å²) in [6.07, 6.45) is 5.47. The maximum atomic E-state index is 2.45. The van der Waals surface area contributed by atoms with Crippen LogP contribution in [-0.2, 0) is 52.8 Å². The van der Waals surface area contributed by atoms with E-state index in [0.29, 0.717) is 0 Å². The molecule has 0 saturated carbocycles. The van der Waals surface area contributed by atoms with Crippen molar-refractivity contribution in [2.24, 2.45) is 0 Å². The van der Waals surface area contributed by atoms with E-state index in [0.717, 1.165) is 25.7 Å². The van der Waals surface area contributed by atoms with Gasteiger partial charge >= 0.3 is 0 Å². The molecule has 20 aromatic carbocycles. The molecule has 0 aliphatic heterocycles. The molecule has 0 bridgehead atoms. The molecule has 0 atom stereocenters. The van der Waals surface area contributed by atoms with Crippen LogP contribution in [0.4, 0.5) is 0 Å². The Morgan fingerprint density at radius 3 is 0.618 bits per heavy atom. The van der Waals surface area contributed by atoms with Crippen molar-refractivity contribution in [3.05, 3.63) is 595 Å². The zero-order valence-corrected chi connectivity index (χ0v) is 77.9. The topological polar surface area (TPSA) is 0 Å². The normalized spacial score (nSPS) is 14.4. The summed E-state index contributed by atoms with van der Waals surface area (Å²) in [5.74, 6) is 0. The summed E-state index contributed by atoms with van der Waals surface area (Å²) in [6, 6.07) is 171. The first-order valence-electron chi connectivity index (χ1n) is 49.4. The zero-order chi connectivity index (χ0) is 91.2. The Morgan fingerprint density at radius 1 is 0.132 bits per heavy atom. The first-order chi connectivity index (χ1) is 67.3. The number of aryl methyl sites for hydroxylation is 4. The largest absolute Gasteiger partial charge is 0.0728 e. The fourth-order valence-corrected chi connectivity index (χ4v) is 26.8. The van der Waals surface area contributed by atoms with Gasteiger partial charge in [-0.05, 0) is 270 Å². The number of benzene rings is 20. The number of hydrogen-bond acceptors (Lipinski definition) is 0. The van der Waals surface area contributed by atoms with Crippen LogP contribution in [0.2, 0.25) is 0 Å². The van der Waals surface area contributed by atoms with Crippen LogP contribution in [0.1, 0.15) is 181 Å². The fraction of sp³-hybridized carbons (Fsp3) is 0.118. The quantitative estimate of drug-likeness (QED) is 0.165. The van der Waals surface area contributed by atoms with Crippen LogP contribution in [0.3, 0.4) is 0 Å². The monoisotopic (exact) mass is 1740 g/mol. The Hall–Kier alpha value is -15.6. The number of rotatable bonds is 4. The van der Waals surface area contributed by atoms with Crippen molar-refractivity contribution in [1.29, 1.82) is 0 Å². The second kappa shape index (κ2) is 32.4. The van der Waals surface area contributed by atoms with Crippen molar-refractivity contribution in [3.63, 3.8) is 0 Å². The minimum Gasteiger partial charge on any atom is -0.0656 e. The molecule has 136 heavy (non-hydrogen) atoms. The third kappa shape index (κ3) is 11.2. The lowest BCUT2D eigenvalue weighted by atomic mass is 9.69. The molecule has 30 rings (SSSR count). The molecule has 0 unspecified atom stereocenters. The van der Waals surface area contributed by atoms with Crippen LogP contribution < -0.4 is 0 Å². The van der Waals surface area contributed by atoms with Crippen molar-refractivity contribution in [1.82, 2.24) is 0 Å². The van der Waals surface area contributed by atoms with Gasteiger partial charge < -0.3 is 0 Å². The lowest BCUT2D eigenvalue weighted by molar-refractivity contribution is 0.779. The van der Waals surface area contributed by atoms with E-state index in [-0.39, 0.29) is 27.1 Å². The molecule has 10 aliphatic carbocycles. The van der Waals surface area contributed by atoms with Crippen molar-refractivity contribution >= 4 is 0 Å². The van der Waals surface area contributed by atoms with Gasteiger partial charge in [0.25, 0.3) is 0 Å². The van der Waals surface area contributed by atoms with Crippen molar-refractivity contribution in [2.45, 2.75) is 101 Å². The first-order valence-corrected chi connectivity index (χ1v) is 49.4. The average molecular weight is 1740 g/mol. The molecule has 0 radical (unpaired) electrons. The third-order valence-corrected chi connectivity index (χ3v) is 31.8. The predicted octanol–water partition coefficient (Wildman–Crippen LogP) is 33.8. The van der Waals surface area contributed by atoms with Crippen LogP contribution in [0.5, 0.6) is 0 Å². The average Bonchev–Trinajstić information content (AvgIpc) is 1.46. The summed E-state index contributed by atoms with van der Waals surface area (Å²) in [6.45, 7) is 13.3. The summed E-state index contributed by atoms with van der Waals surface area (Å²) in [5, 5.41) is 0. The summed E-state index contributed by atoms with van der Waals surface area (Å²) in [7, 11) is 0. The summed E-state index contributed by atoms with van der Waals surface area (Å²) in [5.41, 5.74) is 60.9. The number of fused-ring (bicyclic) bond motifs is 50. The van der Waals surface area contributed by atoms with E-state index in [1.807, 2.05) is 0 Å². The maximum absolute atomic E-state index is 2.45. The Balaban J connectivity index is 0.0000000898. The summed E-state index contributed by atoms with van der Waals surface area (Å²) in [4.78, 5) is 0. The molecule has 648 valence electrons. The first kappa shape index (κ1) is 82.3. The maximum Gasteiger partial charge on any atom is 0.0728 e. The molecule has 0 fully saturated rings. The molecule has 5 spiro atoms. The molecule has 0 heteroatoms. The van der Waals surface area contributed by atoms with Crippen LogP contribution >= 0.6 is 0 Å². The second-order valence-corrected chi connectivity index (χ2v) is 38.0. The molecule has 0 nitrogen and oxygen atoms in total. The molecule has 20 aromatic rings. The van der Waals surface area contributed by atoms with Crippen LogP contribution in [0.15, 0.2) is 461 Å². The highest BCUT2D eigenvalue weighted by molar-refractivity contribution is 6.02. The molecule has 10 aliphatic rings. The van der Waals surface area contributed by atoms with E-state index >= 15 is 0 Å². The smallest absolute Gasteiger partial charge is 0.0656 e. The van der Waals surface area contributed by atoms with Gasteiger partial charge in [-0.3, -0.25) is 0 Å². The van der Waals surface area contributed by atoms with Crippen molar-refractivity contribution in [2.75, 3.05) is 0 Å². The molecule has 0 saturated heterocycles. The van der Waals surface area contributed by atoms with E-state index in [9.17, 15) is 0 Å². The Kier molecular flexibility index (Phi) is 19.6. The van der Waals surface area contributed by atoms with Gasteiger partial charge in [-0.2, -0.15) is 0 Å². The van der Waals surface area contributed by atoms with Gasteiger partial charge in [0.2, 0.25) is 0 Å². The Bertz CT molecular complexity index is 7740. The molecule has 0 amide bonds. The highest BCUT2D eigenvalue weighted by Crippen LogP contribution is 2.70. The lowest BCUT2D eigenvalue weighted by Gasteiger charge is -2.32. The van der Waals surface area contributed by atoms with Gasteiger partial charge in [0.05, 0.1) is 27.1 Å². The predicted molar refractivity (Wildman–Crippen MR) is 567 cm³/mol. The summed E-state index contributed by atoms with van der Waals surface area (Å²) >= 11 is 0. The summed E-state index contributed by atoms with van der Waals surface area (Å²) < 4.78 is 0. The molecular formula is C136H104. The van der Waals surface area contributed by atoms with Gasteiger partial charge in [0, 0.05) is 0 Å². The van der Waals surface area contributed by atoms with E-state index in [1.54, 1.807) is 0 Å². The van der Waals surface area contributed by atoms with E-state index in [4.69, 9.17) is 0 Å². The highest BCUT2D eigenvalue weighted by atomic mass is 14.6. The minimum atomic E-state index is -0.190. The fourth-order valence-electron chi connectivity index (χ4n) is 26.8. The van der Waals surface area contributed by atoms with E-state index in [2.05, 4.69) is 503 Å². The van der Waals surface area contributed by atoms with E-state index < -0.39 is 0 Å². The molecule has 0 heterocycles. The standard InChI is InChI=1S/4C27H20.C25H16.C3H8/c1-2-18-10-9-14-22-21-13-5-8-17-25(21)27(26(18)22)23-15-6-3-11-19(23)20-12-4-7-16-24(20)27;1-2-18-10-9-17-25-26(18)21-13-5-8-16-24(21)27(25)22-14-6-3-11-19(22)20-12-4-7-15-23(20)27;1-2-18-15-16-26-22(17-18)21-11-5-8-14-25(21)27(26)23-12-6-3-9-19(23)20-10-4-7-13-24(20)27;1-2-18-15-16-22-21-11-5-8-14-25(21)27(26(22)17-18)23-12-6-3-9-19(23)20-10-4-7-13-24(20)27;1-5-13-21-17(9-1)18-10-2-6-14-22(18)25(21)23-15-7-3-11-19(23)20-12-4-8-16-24(20)25;1-3-2/h4*3-17H,2H2,1H3;1-16H;3H2,1-2H3. The highest BCUT2D eigenvalue weighted by Gasteiger charge is 2.58. The Morgan fingerprint density at radius 2 is 0.324 bits per heavy atom. The lowest BCUT2D eigenvalue weighted by Crippen LogP contribution is -2.27. The zero-order valence-electron chi connectivity index (χ0n) is 77.9. The minimum absolute atomic E-state index is 0.180. The van der Waals surface area contributed by atoms with E-state index in [1.165, 1.54) is 251 Å². The molecular weight excluding hydrogens is 1630 g/mol. The van der Waals surface area contributed by atoms with Gasteiger partial charge in [0.15, 0.2) is 0 Å². The second-order valence-electron chi connectivity index (χ2n) is 38.0. The SMILES string of the molecule is CCC.CCc1ccc2c(c1)-c1ccccc1C21c2ccccc2-c2ccccc21.CCc1ccc2c(c1)C1(c3ccccc3-c3ccccc31)c1ccccc1-2.CCc1cccc2c1-c1ccccc1C21c2ccccc2-c2ccccc21.CCc1cccc2c1C1(c3ccccc3-c3ccccc31)c1ccccc1-2.c1ccc2c(c1)-c1ccccc1C21c2ccccc2-c2ccccc21. The van der Waals surface area contributed by atoms with Gasteiger partial charge in [-0.25, -0.2) is 0 Å². The van der Waals surface area contributed by atoms with Crippen LogP contribution in [-0.4, -0.2) is 0 Å². The van der Waals surface area contributed by atoms with Gasteiger partial charge in [-0.15, -0.1) is 0 Å². The van der Waals surface area contributed by atoms with Crippen LogP contribution in [0, 0.1) is 0 Å². The van der Waals surface area contributed by atoms with Crippen molar-refractivity contribution < 1.29 is 0 Å². The van der Waals surface area contributed by atoms with Gasteiger partial charge in [-0.1, -0.05) is 509 Å². The molecule has 0 N–H and O–H groups in total. The molecule has 0 aromatic heterocycles. The van der Waals surface area contributed by atoms with Crippen LogP contribution in [0.25, 0.3) is 111 Å². The third-order valence-electron chi connectivity index (χ3n) is 31.8. The Labute approximate surface area is 800 Å². The number of hydrogen-bond donors (Lipinski definition) is 0. The van der Waals surface area contributed by atoms with Crippen molar-refractivity contribution in [3.8, 4) is 111 Å².